The Bertz CT molecular complexity index is 2570. The van der Waals surface area contributed by atoms with Crippen LogP contribution in [0.25, 0.3) is 76.8 Å². The van der Waals surface area contributed by atoms with Gasteiger partial charge in [0.25, 0.3) is 0 Å². The molecule has 8 aromatic rings. The van der Waals surface area contributed by atoms with E-state index >= 15 is 0 Å². The Morgan fingerprint density at radius 2 is 1.11 bits per heavy atom. The van der Waals surface area contributed by atoms with E-state index in [1.807, 2.05) is 0 Å². The highest BCUT2D eigenvalue weighted by Gasteiger charge is 2.39. The Hall–Kier alpha value is -5.66. The average molecular weight is 587 g/mol. The highest BCUT2D eigenvalue weighted by molar-refractivity contribution is 6.08. The summed E-state index contributed by atoms with van der Waals surface area (Å²) in [6.45, 7) is 4.80. The normalized spacial score (nSPS) is 13.8. The van der Waals surface area contributed by atoms with Gasteiger partial charge in [0.2, 0.25) is 0 Å². The van der Waals surface area contributed by atoms with Crippen molar-refractivity contribution in [2.75, 3.05) is 0 Å². The summed E-state index contributed by atoms with van der Waals surface area (Å²) in [6, 6.07) is 53.4. The number of benzene rings is 8. The lowest BCUT2D eigenvalue weighted by atomic mass is 9.78. The maximum atomic E-state index is 6.47. The van der Waals surface area contributed by atoms with Gasteiger partial charge in [-0.3, -0.25) is 0 Å². The molecule has 0 fully saturated rings. The first-order valence-electron chi connectivity index (χ1n) is 16.1. The van der Waals surface area contributed by atoms with E-state index in [1.54, 1.807) is 0 Å². The van der Waals surface area contributed by atoms with Gasteiger partial charge in [-0.15, -0.1) is 0 Å². The van der Waals surface area contributed by atoms with Gasteiger partial charge in [0.05, 0.1) is 0 Å². The van der Waals surface area contributed by atoms with Crippen LogP contribution in [0.1, 0.15) is 25.0 Å². The van der Waals surface area contributed by atoms with E-state index in [2.05, 4.69) is 159 Å². The van der Waals surface area contributed by atoms with E-state index in [1.165, 1.54) is 82.4 Å². The van der Waals surface area contributed by atoms with Crippen LogP contribution >= 0.6 is 0 Å². The molecule has 0 unspecified atom stereocenters. The zero-order valence-electron chi connectivity index (χ0n) is 25.8. The zero-order valence-corrected chi connectivity index (χ0v) is 25.8. The summed E-state index contributed by atoms with van der Waals surface area (Å²) in [4.78, 5) is 0. The Kier molecular flexibility index (Phi) is 5.12. The molecule has 0 amide bonds. The SMILES string of the molecule is CC1(C)c2cc(-c3ccc4c(c3)-c3cccc5cccc(c35)O4)cc(-c3cccc4ccccc34)c2-c2ccc3ccccc3c21. The summed E-state index contributed by atoms with van der Waals surface area (Å²) in [7, 11) is 0. The smallest absolute Gasteiger partial charge is 0.135 e. The minimum absolute atomic E-state index is 0.178. The van der Waals surface area contributed by atoms with Crippen molar-refractivity contribution in [3.63, 3.8) is 0 Å². The topological polar surface area (TPSA) is 9.23 Å². The fourth-order valence-electron chi connectivity index (χ4n) is 8.30. The first kappa shape index (κ1) is 25.6. The van der Waals surface area contributed by atoms with Crippen LogP contribution in [0, 0.1) is 0 Å². The molecule has 0 radical (unpaired) electrons. The second-order valence-electron chi connectivity index (χ2n) is 13.3. The molecule has 0 saturated carbocycles. The lowest BCUT2D eigenvalue weighted by Crippen LogP contribution is -2.15. The summed E-state index contributed by atoms with van der Waals surface area (Å²) in [6.07, 6.45) is 0. The molecule has 0 aromatic heterocycles. The summed E-state index contributed by atoms with van der Waals surface area (Å²) in [5, 5.41) is 7.55. The van der Waals surface area contributed by atoms with E-state index in [-0.39, 0.29) is 5.41 Å². The molecule has 1 aliphatic heterocycles. The van der Waals surface area contributed by atoms with Crippen molar-refractivity contribution >= 4 is 32.3 Å². The van der Waals surface area contributed by atoms with Crippen LogP contribution in [0.15, 0.2) is 146 Å². The molecule has 46 heavy (non-hydrogen) atoms. The van der Waals surface area contributed by atoms with Crippen molar-refractivity contribution < 1.29 is 4.74 Å². The minimum Gasteiger partial charge on any atom is -0.456 e. The molecule has 0 bridgehead atoms. The molecule has 0 atom stereocenters. The van der Waals surface area contributed by atoms with Gasteiger partial charge >= 0.3 is 0 Å². The van der Waals surface area contributed by atoms with E-state index in [0.29, 0.717) is 0 Å². The molecule has 1 heterocycles. The number of hydrogen-bond acceptors (Lipinski definition) is 1. The van der Waals surface area contributed by atoms with Gasteiger partial charge in [-0.05, 0) is 107 Å². The molecular formula is C45H30O. The van der Waals surface area contributed by atoms with E-state index in [9.17, 15) is 0 Å². The maximum absolute atomic E-state index is 6.47. The average Bonchev–Trinajstić information content (AvgIpc) is 3.34. The number of fused-ring (bicyclic) bond motifs is 8. The van der Waals surface area contributed by atoms with Crippen molar-refractivity contribution in [2.45, 2.75) is 19.3 Å². The Morgan fingerprint density at radius 3 is 1.96 bits per heavy atom. The third-order valence-corrected chi connectivity index (χ3v) is 10.4. The molecule has 2 aliphatic rings. The van der Waals surface area contributed by atoms with Gasteiger partial charge in [-0.25, -0.2) is 0 Å². The Balaban J connectivity index is 1.27. The zero-order chi connectivity index (χ0) is 30.6. The summed E-state index contributed by atoms with van der Waals surface area (Å²) in [5.74, 6) is 1.83. The molecular weight excluding hydrogens is 556 g/mol. The molecule has 0 saturated heterocycles. The molecule has 8 aromatic carbocycles. The quantitative estimate of drug-likeness (QED) is 0.196. The van der Waals surface area contributed by atoms with E-state index in [0.717, 1.165) is 17.1 Å². The van der Waals surface area contributed by atoms with Crippen LogP contribution in [0.3, 0.4) is 0 Å². The van der Waals surface area contributed by atoms with Gasteiger partial charge in [0.15, 0.2) is 0 Å². The lowest BCUT2D eigenvalue weighted by molar-refractivity contribution is 0.487. The van der Waals surface area contributed by atoms with Crippen LogP contribution in [0.2, 0.25) is 0 Å². The largest absolute Gasteiger partial charge is 0.456 e. The van der Waals surface area contributed by atoms with Gasteiger partial charge in [-0.1, -0.05) is 129 Å². The molecule has 0 N–H and O–H groups in total. The minimum atomic E-state index is -0.178. The van der Waals surface area contributed by atoms with E-state index in [4.69, 9.17) is 4.74 Å². The van der Waals surface area contributed by atoms with Crippen LogP contribution in [0.4, 0.5) is 0 Å². The van der Waals surface area contributed by atoms with Crippen molar-refractivity contribution in [3.05, 3.63) is 157 Å². The van der Waals surface area contributed by atoms with Crippen molar-refractivity contribution in [1.29, 1.82) is 0 Å². The van der Waals surface area contributed by atoms with Crippen LogP contribution < -0.4 is 4.74 Å². The van der Waals surface area contributed by atoms with Crippen LogP contribution in [0.5, 0.6) is 11.5 Å². The first-order chi connectivity index (χ1) is 22.6. The second kappa shape index (κ2) is 9.19. The summed E-state index contributed by atoms with van der Waals surface area (Å²) < 4.78 is 6.47. The summed E-state index contributed by atoms with van der Waals surface area (Å²) in [5.41, 5.74) is 12.7. The lowest BCUT2D eigenvalue weighted by Gasteiger charge is -2.25. The predicted octanol–water partition coefficient (Wildman–Crippen LogP) is 12.6. The highest BCUT2D eigenvalue weighted by atomic mass is 16.5. The van der Waals surface area contributed by atoms with Crippen molar-refractivity contribution in [2.24, 2.45) is 0 Å². The van der Waals surface area contributed by atoms with Gasteiger partial charge in [0, 0.05) is 16.4 Å². The molecule has 0 spiro atoms. The highest BCUT2D eigenvalue weighted by Crippen LogP contribution is 2.56. The fraction of sp³-hybridized carbons (Fsp3) is 0.0667. The molecule has 216 valence electrons. The van der Waals surface area contributed by atoms with Gasteiger partial charge < -0.3 is 4.74 Å². The third kappa shape index (κ3) is 3.46. The van der Waals surface area contributed by atoms with Crippen LogP contribution in [-0.2, 0) is 5.41 Å². The second-order valence-corrected chi connectivity index (χ2v) is 13.3. The van der Waals surface area contributed by atoms with E-state index < -0.39 is 0 Å². The van der Waals surface area contributed by atoms with Crippen molar-refractivity contribution in [1.82, 2.24) is 0 Å². The van der Waals surface area contributed by atoms with Crippen LogP contribution in [-0.4, -0.2) is 0 Å². The fourth-order valence-corrected chi connectivity index (χ4v) is 8.30. The number of rotatable bonds is 2. The van der Waals surface area contributed by atoms with Crippen molar-refractivity contribution in [3.8, 4) is 56.0 Å². The molecule has 1 nitrogen and oxygen atoms in total. The summed E-state index contributed by atoms with van der Waals surface area (Å²) >= 11 is 0. The molecule has 1 aliphatic carbocycles. The molecule has 1 heteroatoms. The monoisotopic (exact) mass is 586 g/mol. The Morgan fingerprint density at radius 1 is 0.435 bits per heavy atom. The first-order valence-corrected chi connectivity index (χ1v) is 16.1. The molecule has 10 rings (SSSR count). The number of hydrogen-bond donors (Lipinski definition) is 0. The Labute approximate surface area is 268 Å². The van der Waals surface area contributed by atoms with Gasteiger partial charge in [0.1, 0.15) is 11.5 Å². The third-order valence-electron chi connectivity index (χ3n) is 10.4. The number of ether oxygens (including phenoxy) is 1. The van der Waals surface area contributed by atoms with Gasteiger partial charge in [-0.2, -0.15) is 0 Å². The standard InChI is InChI=1S/C45H30O/c1-45(2)39-26-31(30-21-23-40-37(24-30)35-18-8-13-29-14-9-19-41(46-40)42(29)35)25-38(34-17-7-12-27-10-3-5-15-32(27)34)43(39)36-22-20-28-11-4-6-16-33(28)44(36)45/h3-26H,1-2H3. The maximum Gasteiger partial charge on any atom is 0.135 e. The predicted molar refractivity (Wildman–Crippen MR) is 193 cm³/mol.